The van der Waals surface area contributed by atoms with Gasteiger partial charge in [0, 0.05) is 0 Å². The van der Waals surface area contributed by atoms with E-state index in [1.165, 1.54) is 26.4 Å². The van der Waals surface area contributed by atoms with Gasteiger partial charge < -0.3 is 9.47 Å². The molecule has 6 heteroatoms. The Morgan fingerprint density at radius 2 is 2.00 bits per heavy atom. The molecule has 0 N–H and O–H groups in total. The summed E-state index contributed by atoms with van der Waals surface area (Å²) < 4.78 is 9.65. The summed E-state index contributed by atoms with van der Waals surface area (Å²) in [5, 5.41) is 10.9. The van der Waals surface area contributed by atoms with Crippen molar-refractivity contribution in [2.24, 2.45) is 0 Å². The summed E-state index contributed by atoms with van der Waals surface area (Å²) in [4.78, 5) is 10.1. The Morgan fingerprint density at radius 3 is 2.43 bits per heavy atom. The lowest BCUT2D eigenvalue weighted by atomic mass is 10.2. The van der Waals surface area contributed by atoms with Gasteiger partial charge in [-0.3, -0.25) is 10.1 Å². The van der Waals surface area contributed by atoms with Crippen molar-refractivity contribution in [2.45, 2.75) is 0 Å². The Hall–Kier alpha value is -1.49. The van der Waals surface area contributed by atoms with Crippen LogP contribution in [0.4, 0.5) is 5.69 Å². The first-order chi connectivity index (χ1) is 6.61. The summed E-state index contributed by atoms with van der Waals surface area (Å²) >= 11 is 5.72. The smallest absolute Gasteiger partial charge is 0.353 e. The van der Waals surface area contributed by atoms with Crippen LogP contribution < -0.4 is 9.47 Å². The number of nitrogens with zero attached hydrogens (tertiary/aromatic N) is 1. The molecule has 1 aromatic carbocycles. The number of rotatable bonds is 3. The average Bonchev–Trinajstić information content (AvgIpc) is 2.17. The van der Waals surface area contributed by atoms with Gasteiger partial charge >= 0.3 is 5.69 Å². The van der Waals surface area contributed by atoms with Gasteiger partial charge in [0.1, 0.15) is 0 Å². The molecule has 0 aliphatic rings. The molecular formula is C8H8ClNO4. The maximum absolute atomic E-state index is 10.7. The van der Waals surface area contributed by atoms with Crippen molar-refractivity contribution in [1.82, 2.24) is 0 Å². The van der Waals surface area contributed by atoms with E-state index in [2.05, 4.69) is 0 Å². The number of hydrogen-bond donors (Lipinski definition) is 0. The first-order valence-corrected chi connectivity index (χ1v) is 4.04. The molecule has 0 aliphatic carbocycles. The van der Waals surface area contributed by atoms with Crippen molar-refractivity contribution in [3.8, 4) is 11.5 Å². The van der Waals surface area contributed by atoms with Gasteiger partial charge in [-0.05, 0) is 12.1 Å². The number of benzene rings is 1. The van der Waals surface area contributed by atoms with Crippen LogP contribution in [0.1, 0.15) is 0 Å². The summed E-state index contributed by atoms with van der Waals surface area (Å²) in [6, 6.07) is 2.90. The molecule has 0 atom stereocenters. The topological polar surface area (TPSA) is 61.6 Å². The van der Waals surface area contributed by atoms with E-state index in [0.717, 1.165) is 0 Å². The first kappa shape index (κ1) is 10.6. The van der Waals surface area contributed by atoms with Gasteiger partial charge in [0.05, 0.1) is 24.2 Å². The van der Waals surface area contributed by atoms with Gasteiger partial charge in [-0.1, -0.05) is 11.6 Å². The lowest BCUT2D eigenvalue weighted by Gasteiger charge is -2.06. The molecule has 0 aliphatic heterocycles. The quantitative estimate of drug-likeness (QED) is 0.576. The van der Waals surface area contributed by atoms with Crippen molar-refractivity contribution in [1.29, 1.82) is 0 Å². The molecule has 0 radical (unpaired) electrons. The monoisotopic (exact) mass is 217 g/mol. The van der Waals surface area contributed by atoms with Crippen LogP contribution in [-0.4, -0.2) is 19.1 Å². The first-order valence-electron chi connectivity index (χ1n) is 3.66. The molecule has 1 aromatic rings. The van der Waals surface area contributed by atoms with E-state index in [-0.39, 0.29) is 22.2 Å². The molecule has 76 valence electrons. The predicted molar refractivity (Wildman–Crippen MR) is 51.2 cm³/mol. The third-order valence-electron chi connectivity index (χ3n) is 1.65. The van der Waals surface area contributed by atoms with Crippen LogP contribution in [0.5, 0.6) is 11.5 Å². The van der Waals surface area contributed by atoms with E-state index in [4.69, 9.17) is 21.1 Å². The summed E-state index contributed by atoms with van der Waals surface area (Å²) in [5.74, 6) is 0.132. The maximum atomic E-state index is 10.7. The third-order valence-corrected chi connectivity index (χ3v) is 1.95. The predicted octanol–water partition coefficient (Wildman–Crippen LogP) is 2.27. The number of ether oxygens (including phenoxy) is 2. The Bertz CT molecular complexity index is 367. The number of nitro benzene ring substituents is 1. The lowest BCUT2D eigenvalue weighted by molar-refractivity contribution is -0.386. The molecule has 5 nitrogen and oxygen atoms in total. The zero-order valence-corrected chi connectivity index (χ0v) is 8.37. The fraction of sp³-hybridized carbons (Fsp3) is 0.250. The van der Waals surface area contributed by atoms with Crippen LogP contribution in [0, 0.1) is 10.1 Å². The van der Waals surface area contributed by atoms with Gasteiger partial charge in [0.15, 0.2) is 0 Å². The molecule has 0 spiro atoms. The standard InChI is InChI=1S/C8H8ClNO4/c1-13-6-4-3-5(9)8(14-2)7(6)10(11)12/h3-4H,1-2H3. The Kier molecular flexibility index (Phi) is 3.14. The molecule has 0 saturated heterocycles. The Balaban J connectivity index is 3.43. The molecular weight excluding hydrogens is 210 g/mol. The third kappa shape index (κ3) is 1.72. The second-order valence-electron chi connectivity index (χ2n) is 2.39. The lowest BCUT2D eigenvalue weighted by Crippen LogP contribution is -1.97. The van der Waals surface area contributed by atoms with Crippen molar-refractivity contribution in [3.63, 3.8) is 0 Å². The van der Waals surface area contributed by atoms with Crippen molar-refractivity contribution in [2.75, 3.05) is 14.2 Å². The molecule has 0 amide bonds. The van der Waals surface area contributed by atoms with Crippen molar-refractivity contribution < 1.29 is 14.4 Å². The Morgan fingerprint density at radius 1 is 1.36 bits per heavy atom. The highest BCUT2D eigenvalue weighted by molar-refractivity contribution is 6.32. The molecule has 0 unspecified atom stereocenters. The van der Waals surface area contributed by atoms with Gasteiger partial charge in [-0.25, -0.2) is 0 Å². The molecule has 0 fully saturated rings. The highest BCUT2D eigenvalue weighted by Gasteiger charge is 2.24. The van der Waals surface area contributed by atoms with Crippen LogP contribution >= 0.6 is 11.6 Å². The minimum Gasteiger partial charge on any atom is -0.490 e. The zero-order chi connectivity index (χ0) is 10.7. The van der Waals surface area contributed by atoms with Crippen molar-refractivity contribution in [3.05, 3.63) is 27.3 Å². The highest BCUT2D eigenvalue weighted by Crippen LogP contribution is 2.41. The van der Waals surface area contributed by atoms with Crippen LogP contribution in [0.25, 0.3) is 0 Å². The number of methoxy groups -OCH3 is 2. The second kappa shape index (κ2) is 4.15. The summed E-state index contributed by atoms with van der Waals surface area (Å²) in [6.45, 7) is 0. The van der Waals surface area contributed by atoms with Gasteiger partial charge in [0.25, 0.3) is 0 Å². The highest BCUT2D eigenvalue weighted by atomic mass is 35.5. The maximum Gasteiger partial charge on any atom is 0.353 e. The normalized spacial score (nSPS) is 9.64. The van der Waals surface area contributed by atoms with Gasteiger partial charge in [-0.15, -0.1) is 0 Å². The van der Waals surface area contributed by atoms with E-state index in [0.29, 0.717) is 0 Å². The zero-order valence-electron chi connectivity index (χ0n) is 7.61. The van der Waals surface area contributed by atoms with E-state index in [9.17, 15) is 10.1 Å². The number of hydrogen-bond acceptors (Lipinski definition) is 4. The number of halogens is 1. The minimum atomic E-state index is -0.594. The molecule has 0 bridgehead atoms. The van der Waals surface area contributed by atoms with E-state index < -0.39 is 4.92 Å². The van der Waals surface area contributed by atoms with E-state index in [1.54, 1.807) is 0 Å². The van der Waals surface area contributed by atoms with Crippen LogP contribution in [0.15, 0.2) is 12.1 Å². The van der Waals surface area contributed by atoms with Gasteiger partial charge in [0.2, 0.25) is 11.5 Å². The van der Waals surface area contributed by atoms with Crippen LogP contribution in [0.3, 0.4) is 0 Å². The van der Waals surface area contributed by atoms with Gasteiger partial charge in [-0.2, -0.15) is 0 Å². The largest absolute Gasteiger partial charge is 0.490 e. The molecule has 0 saturated carbocycles. The minimum absolute atomic E-state index is 0.0102. The second-order valence-corrected chi connectivity index (χ2v) is 2.80. The van der Waals surface area contributed by atoms with E-state index >= 15 is 0 Å². The summed E-state index contributed by atoms with van der Waals surface area (Å²) in [5.41, 5.74) is -0.262. The summed E-state index contributed by atoms with van der Waals surface area (Å²) in [7, 11) is 2.66. The van der Waals surface area contributed by atoms with E-state index in [1.807, 2.05) is 0 Å². The SMILES string of the molecule is COc1ccc(Cl)c(OC)c1[N+](=O)[O-]. The molecule has 1 rings (SSSR count). The molecule has 0 aromatic heterocycles. The molecule has 0 heterocycles. The fourth-order valence-electron chi connectivity index (χ4n) is 1.06. The average molecular weight is 218 g/mol. The van der Waals surface area contributed by atoms with Crippen LogP contribution in [-0.2, 0) is 0 Å². The molecule has 14 heavy (non-hydrogen) atoms. The fourth-order valence-corrected chi connectivity index (χ4v) is 1.29. The number of nitro groups is 1. The summed E-state index contributed by atoms with van der Waals surface area (Å²) in [6.07, 6.45) is 0. The Labute approximate surface area is 85.3 Å². The van der Waals surface area contributed by atoms with Crippen molar-refractivity contribution >= 4 is 17.3 Å². The van der Waals surface area contributed by atoms with Crippen LogP contribution in [0.2, 0.25) is 5.02 Å².